The lowest BCUT2D eigenvalue weighted by molar-refractivity contribution is 0.392. The lowest BCUT2D eigenvalue weighted by atomic mass is 9.99. The highest BCUT2D eigenvalue weighted by atomic mass is 16.3. The molecule has 0 bridgehead atoms. The van der Waals surface area contributed by atoms with Gasteiger partial charge in [0.15, 0.2) is 0 Å². The molecule has 2 unspecified atom stereocenters. The van der Waals surface area contributed by atoms with E-state index in [0.29, 0.717) is 6.04 Å². The SMILES string of the molecule is Cc1ccc(C(C)NC(C)c2ccc(C)o2)c(C)c1. The lowest BCUT2D eigenvalue weighted by Crippen LogP contribution is -2.22. The average Bonchev–Trinajstić information content (AvgIpc) is 2.75. The van der Waals surface area contributed by atoms with Gasteiger partial charge < -0.3 is 9.73 Å². The van der Waals surface area contributed by atoms with E-state index in [4.69, 9.17) is 4.42 Å². The normalized spacial score (nSPS) is 14.4. The van der Waals surface area contributed by atoms with Gasteiger partial charge in [-0.2, -0.15) is 0 Å². The zero-order valence-corrected chi connectivity index (χ0v) is 12.4. The van der Waals surface area contributed by atoms with Crippen molar-refractivity contribution < 1.29 is 4.42 Å². The maximum Gasteiger partial charge on any atom is 0.120 e. The molecule has 0 saturated heterocycles. The topological polar surface area (TPSA) is 25.2 Å². The molecule has 2 aromatic rings. The van der Waals surface area contributed by atoms with Crippen LogP contribution >= 0.6 is 0 Å². The summed E-state index contributed by atoms with van der Waals surface area (Å²) in [6, 6.07) is 11.2. The van der Waals surface area contributed by atoms with Crippen molar-refractivity contribution in [3.8, 4) is 0 Å². The molecule has 1 heterocycles. The first-order valence-corrected chi connectivity index (χ1v) is 6.87. The smallest absolute Gasteiger partial charge is 0.120 e. The third-order valence-electron chi connectivity index (χ3n) is 3.58. The molecule has 102 valence electrons. The number of benzene rings is 1. The van der Waals surface area contributed by atoms with Crippen LogP contribution in [0.5, 0.6) is 0 Å². The summed E-state index contributed by atoms with van der Waals surface area (Å²) in [5.74, 6) is 1.96. The largest absolute Gasteiger partial charge is 0.465 e. The molecule has 0 saturated carbocycles. The maximum absolute atomic E-state index is 5.67. The predicted molar refractivity (Wildman–Crippen MR) is 79.3 cm³/mol. The first-order valence-electron chi connectivity index (χ1n) is 6.87. The maximum atomic E-state index is 5.67. The van der Waals surface area contributed by atoms with Gasteiger partial charge in [0.1, 0.15) is 11.5 Å². The molecule has 2 rings (SSSR count). The van der Waals surface area contributed by atoms with Gasteiger partial charge in [-0.15, -0.1) is 0 Å². The molecule has 1 aromatic carbocycles. The number of hydrogen-bond acceptors (Lipinski definition) is 2. The Balaban J connectivity index is 2.10. The third kappa shape index (κ3) is 3.27. The van der Waals surface area contributed by atoms with Crippen molar-refractivity contribution >= 4 is 0 Å². The fraction of sp³-hybridized carbons (Fsp3) is 0.412. The molecule has 2 heteroatoms. The molecule has 2 nitrogen and oxygen atoms in total. The van der Waals surface area contributed by atoms with Crippen molar-refractivity contribution in [2.75, 3.05) is 0 Å². The van der Waals surface area contributed by atoms with Crippen LogP contribution in [0.25, 0.3) is 0 Å². The Hall–Kier alpha value is -1.54. The molecular weight excluding hydrogens is 234 g/mol. The van der Waals surface area contributed by atoms with Crippen LogP contribution in [0.4, 0.5) is 0 Å². The zero-order chi connectivity index (χ0) is 14.0. The van der Waals surface area contributed by atoms with Gasteiger partial charge >= 0.3 is 0 Å². The van der Waals surface area contributed by atoms with Gasteiger partial charge in [0, 0.05) is 6.04 Å². The van der Waals surface area contributed by atoms with Crippen LogP contribution in [0.15, 0.2) is 34.7 Å². The summed E-state index contributed by atoms with van der Waals surface area (Å²) in [7, 11) is 0. The van der Waals surface area contributed by atoms with Crippen molar-refractivity contribution in [3.05, 3.63) is 58.5 Å². The lowest BCUT2D eigenvalue weighted by Gasteiger charge is -2.21. The average molecular weight is 257 g/mol. The minimum Gasteiger partial charge on any atom is -0.465 e. The second-order valence-electron chi connectivity index (χ2n) is 5.42. The van der Waals surface area contributed by atoms with E-state index >= 15 is 0 Å². The van der Waals surface area contributed by atoms with E-state index in [0.717, 1.165) is 11.5 Å². The van der Waals surface area contributed by atoms with Crippen molar-refractivity contribution in [2.24, 2.45) is 0 Å². The molecule has 0 fully saturated rings. The van der Waals surface area contributed by atoms with Gasteiger partial charge in [-0.3, -0.25) is 0 Å². The molecule has 1 N–H and O–H groups in total. The second kappa shape index (κ2) is 5.62. The van der Waals surface area contributed by atoms with Crippen molar-refractivity contribution in [2.45, 2.75) is 46.7 Å². The third-order valence-corrected chi connectivity index (χ3v) is 3.58. The molecule has 1 aromatic heterocycles. The Morgan fingerprint density at radius 3 is 2.26 bits per heavy atom. The van der Waals surface area contributed by atoms with Crippen molar-refractivity contribution in [1.29, 1.82) is 0 Å². The quantitative estimate of drug-likeness (QED) is 0.864. The minimum atomic E-state index is 0.212. The van der Waals surface area contributed by atoms with Crippen LogP contribution in [-0.2, 0) is 0 Å². The molecule has 0 aliphatic rings. The van der Waals surface area contributed by atoms with Crippen LogP contribution in [0, 0.1) is 20.8 Å². The number of nitrogens with one attached hydrogen (secondary N) is 1. The fourth-order valence-corrected chi connectivity index (χ4v) is 2.54. The van der Waals surface area contributed by atoms with Crippen LogP contribution in [0.2, 0.25) is 0 Å². The van der Waals surface area contributed by atoms with E-state index in [1.54, 1.807) is 0 Å². The molecule has 0 aliphatic heterocycles. The first-order chi connectivity index (χ1) is 8.97. The molecule has 19 heavy (non-hydrogen) atoms. The van der Waals surface area contributed by atoms with E-state index < -0.39 is 0 Å². The Morgan fingerprint density at radius 2 is 1.68 bits per heavy atom. The van der Waals surface area contributed by atoms with Crippen LogP contribution in [0.1, 0.15) is 54.1 Å². The van der Waals surface area contributed by atoms with Gasteiger partial charge in [-0.05, 0) is 57.9 Å². The van der Waals surface area contributed by atoms with Crippen LogP contribution in [-0.4, -0.2) is 0 Å². The Kier molecular flexibility index (Phi) is 4.11. The highest BCUT2D eigenvalue weighted by Crippen LogP contribution is 2.23. The summed E-state index contributed by atoms with van der Waals surface area (Å²) < 4.78 is 5.67. The molecular formula is C17H23NO. The highest BCUT2D eigenvalue weighted by molar-refractivity contribution is 5.32. The van der Waals surface area contributed by atoms with Crippen LogP contribution < -0.4 is 5.32 Å². The van der Waals surface area contributed by atoms with E-state index in [2.05, 4.69) is 51.2 Å². The zero-order valence-electron chi connectivity index (χ0n) is 12.4. The Labute approximate surface area is 115 Å². The predicted octanol–water partition coefficient (Wildman–Crippen LogP) is 4.62. The number of rotatable bonds is 4. The Bertz CT molecular complexity index is 556. The Morgan fingerprint density at radius 1 is 0.947 bits per heavy atom. The molecule has 0 radical (unpaired) electrons. The molecule has 0 spiro atoms. The van der Waals surface area contributed by atoms with Gasteiger partial charge in [-0.25, -0.2) is 0 Å². The number of hydrogen-bond donors (Lipinski definition) is 1. The summed E-state index contributed by atoms with van der Waals surface area (Å²) in [6.45, 7) is 10.6. The summed E-state index contributed by atoms with van der Waals surface area (Å²) in [4.78, 5) is 0. The van der Waals surface area contributed by atoms with E-state index in [1.165, 1.54) is 16.7 Å². The summed E-state index contributed by atoms with van der Waals surface area (Å²) in [5, 5.41) is 3.59. The van der Waals surface area contributed by atoms with E-state index in [9.17, 15) is 0 Å². The standard InChI is InChI=1S/C17H23NO/c1-11-6-8-16(12(2)10-11)14(4)18-15(5)17-9-7-13(3)19-17/h6-10,14-15,18H,1-5H3. The van der Waals surface area contributed by atoms with Gasteiger partial charge in [-0.1, -0.05) is 23.8 Å². The van der Waals surface area contributed by atoms with Gasteiger partial charge in [0.2, 0.25) is 0 Å². The summed E-state index contributed by atoms with van der Waals surface area (Å²) in [6.07, 6.45) is 0. The molecule has 0 amide bonds. The fourth-order valence-electron chi connectivity index (χ4n) is 2.54. The number of furan rings is 1. The summed E-state index contributed by atoms with van der Waals surface area (Å²) in [5.41, 5.74) is 3.99. The minimum absolute atomic E-state index is 0.212. The first kappa shape index (κ1) is 13.9. The monoisotopic (exact) mass is 257 g/mol. The molecule has 2 atom stereocenters. The second-order valence-corrected chi connectivity index (χ2v) is 5.42. The van der Waals surface area contributed by atoms with Crippen molar-refractivity contribution in [1.82, 2.24) is 5.32 Å². The molecule has 0 aliphatic carbocycles. The van der Waals surface area contributed by atoms with Crippen molar-refractivity contribution in [3.63, 3.8) is 0 Å². The van der Waals surface area contributed by atoms with E-state index in [1.807, 2.05) is 19.1 Å². The van der Waals surface area contributed by atoms with E-state index in [-0.39, 0.29) is 6.04 Å². The number of aryl methyl sites for hydroxylation is 3. The van der Waals surface area contributed by atoms with Gasteiger partial charge in [0.05, 0.1) is 6.04 Å². The van der Waals surface area contributed by atoms with Crippen LogP contribution in [0.3, 0.4) is 0 Å². The van der Waals surface area contributed by atoms with Gasteiger partial charge in [0.25, 0.3) is 0 Å². The highest BCUT2D eigenvalue weighted by Gasteiger charge is 2.15. The summed E-state index contributed by atoms with van der Waals surface area (Å²) >= 11 is 0.